The highest BCUT2D eigenvalue weighted by atomic mass is 79.9. The van der Waals surface area contributed by atoms with Gasteiger partial charge in [-0.2, -0.15) is 13.2 Å². The van der Waals surface area contributed by atoms with E-state index in [1.165, 1.54) is 6.07 Å². The zero-order chi connectivity index (χ0) is 15.8. The van der Waals surface area contributed by atoms with Crippen molar-refractivity contribution in [3.63, 3.8) is 0 Å². The van der Waals surface area contributed by atoms with Gasteiger partial charge in [0.25, 0.3) is 0 Å². The van der Waals surface area contributed by atoms with Crippen LogP contribution in [0.4, 0.5) is 22.0 Å². The molecular weight excluding hydrogens is 359 g/mol. The first-order valence-corrected chi connectivity index (χ1v) is 6.49. The Hall–Kier alpha value is -1.47. The molecule has 2 aromatic carbocycles. The third-order valence-electron chi connectivity index (χ3n) is 2.89. The molecule has 1 atom stereocenters. The second-order valence-corrected chi connectivity index (χ2v) is 5.18. The maximum atomic E-state index is 13.6. The molecule has 0 spiro atoms. The number of aliphatic hydroxyl groups excluding tert-OH is 1. The Morgan fingerprint density at radius 3 is 2.10 bits per heavy atom. The molecule has 2 aromatic rings. The fraction of sp³-hybridized carbons (Fsp3) is 0.143. The predicted molar refractivity (Wildman–Crippen MR) is 69.6 cm³/mol. The van der Waals surface area contributed by atoms with Gasteiger partial charge in [0.15, 0.2) is 0 Å². The molecule has 21 heavy (non-hydrogen) atoms. The van der Waals surface area contributed by atoms with Gasteiger partial charge in [-0.25, -0.2) is 8.78 Å². The van der Waals surface area contributed by atoms with Crippen molar-refractivity contribution in [2.75, 3.05) is 0 Å². The molecule has 7 heteroatoms. The number of alkyl halides is 3. The quantitative estimate of drug-likeness (QED) is 0.755. The predicted octanol–water partition coefficient (Wildman–Crippen LogP) is 4.83. The van der Waals surface area contributed by atoms with Gasteiger partial charge in [0, 0.05) is 4.47 Å². The molecule has 0 radical (unpaired) electrons. The zero-order valence-corrected chi connectivity index (χ0v) is 11.8. The van der Waals surface area contributed by atoms with Gasteiger partial charge in [-0.1, -0.05) is 28.1 Å². The molecule has 0 bridgehead atoms. The molecule has 0 aromatic heterocycles. The van der Waals surface area contributed by atoms with Gasteiger partial charge in [0.2, 0.25) is 0 Å². The zero-order valence-electron chi connectivity index (χ0n) is 10.3. The van der Waals surface area contributed by atoms with Crippen LogP contribution in [0.15, 0.2) is 40.9 Å². The molecule has 0 aliphatic carbocycles. The lowest BCUT2D eigenvalue weighted by atomic mass is 9.96. The summed E-state index contributed by atoms with van der Waals surface area (Å²) >= 11 is 2.89. The monoisotopic (exact) mass is 366 g/mol. The number of halogens is 6. The molecule has 1 N–H and O–H groups in total. The molecule has 0 aliphatic heterocycles. The first kappa shape index (κ1) is 15.9. The van der Waals surface area contributed by atoms with Crippen molar-refractivity contribution >= 4 is 15.9 Å². The smallest absolute Gasteiger partial charge is 0.383 e. The topological polar surface area (TPSA) is 20.2 Å². The SMILES string of the molecule is OC(c1ccc(Br)cc1C(F)(F)F)c1c(F)cccc1F. The van der Waals surface area contributed by atoms with E-state index in [2.05, 4.69) is 15.9 Å². The van der Waals surface area contributed by atoms with Gasteiger partial charge >= 0.3 is 6.18 Å². The molecule has 0 saturated carbocycles. The van der Waals surface area contributed by atoms with E-state index in [4.69, 9.17) is 0 Å². The number of benzene rings is 2. The van der Waals surface area contributed by atoms with Gasteiger partial charge < -0.3 is 5.11 Å². The molecular formula is C14H8BrF5O. The van der Waals surface area contributed by atoms with Crippen molar-refractivity contribution in [2.24, 2.45) is 0 Å². The second kappa shape index (κ2) is 5.73. The van der Waals surface area contributed by atoms with Crippen LogP contribution in [-0.2, 0) is 6.18 Å². The van der Waals surface area contributed by atoms with Crippen molar-refractivity contribution < 1.29 is 27.1 Å². The van der Waals surface area contributed by atoms with E-state index >= 15 is 0 Å². The summed E-state index contributed by atoms with van der Waals surface area (Å²) in [6.07, 6.45) is -6.82. The van der Waals surface area contributed by atoms with Gasteiger partial charge in [0.1, 0.15) is 17.7 Å². The first-order valence-electron chi connectivity index (χ1n) is 5.70. The maximum absolute atomic E-state index is 13.6. The van der Waals surface area contributed by atoms with Crippen molar-refractivity contribution in [1.29, 1.82) is 0 Å². The molecule has 0 fully saturated rings. The summed E-state index contributed by atoms with van der Waals surface area (Å²) in [6, 6.07) is 5.78. The minimum absolute atomic E-state index is 0.139. The number of hydrogen-bond acceptors (Lipinski definition) is 1. The van der Waals surface area contributed by atoms with E-state index in [9.17, 15) is 27.1 Å². The molecule has 0 heterocycles. The summed E-state index contributed by atoms with van der Waals surface area (Å²) in [7, 11) is 0. The average molecular weight is 367 g/mol. The highest BCUT2D eigenvalue weighted by Gasteiger charge is 2.36. The Morgan fingerprint density at radius 1 is 1.00 bits per heavy atom. The highest BCUT2D eigenvalue weighted by molar-refractivity contribution is 9.10. The standard InChI is InChI=1S/C14H8BrF5O/c15-7-4-5-8(9(6-7)14(18,19)20)13(21)12-10(16)2-1-3-11(12)17/h1-6,13,21H. The summed E-state index contributed by atoms with van der Waals surface area (Å²) in [5, 5.41) is 9.99. The molecule has 1 unspecified atom stereocenters. The number of hydrogen-bond donors (Lipinski definition) is 1. The van der Waals surface area contributed by atoms with Crippen molar-refractivity contribution in [2.45, 2.75) is 12.3 Å². The van der Waals surface area contributed by atoms with E-state index in [1.54, 1.807) is 0 Å². The first-order chi connectivity index (χ1) is 9.71. The Labute approximate surface area is 125 Å². The number of rotatable bonds is 2. The van der Waals surface area contributed by atoms with Crippen LogP contribution in [0.5, 0.6) is 0 Å². The van der Waals surface area contributed by atoms with E-state index in [1.807, 2.05) is 0 Å². The van der Waals surface area contributed by atoms with Crippen LogP contribution in [0.3, 0.4) is 0 Å². The summed E-state index contributed by atoms with van der Waals surface area (Å²) in [5.41, 5.74) is -2.59. The van der Waals surface area contributed by atoms with Crippen LogP contribution < -0.4 is 0 Å². The fourth-order valence-electron chi connectivity index (χ4n) is 1.94. The summed E-state index contributed by atoms with van der Waals surface area (Å²) in [5.74, 6) is -2.22. The fourth-order valence-corrected chi connectivity index (χ4v) is 2.30. The molecule has 0 saturated heterocycles. The Morgan fingerprint density at radius 2 is 1.57 bits per heavy atom. The lowest BCUT2D eigenvalue weighted by Crippen LogP contribution is -2.14. The van der Waals surface area contributed by atoms with Crippen LogP contribution in [0.25, 0.3) is 0 Å². The minimum Gasteiger partial charge on any atom is -0.383 e. The minimum atomic E-state index is -4.76. The number of aliphatic hydroxyl groups is 1. The van der Waals surface area contributed by atoms with Gasteiger partial charge in [-0.05, 0) is 29.8 Å². The van der Waals surface area contributed by atoms with Gasteiger partial charge in [-0.3, -0.25) is 0 Å². The lowest BCUT2D eigenvalue weighted by Gasteiger charge is -2.19. The third kappa shape index (κ3) is 3.24. The van der Waals surface area contributed by atoms with E-state index in [0.29, 0.717) is 0 Å². The third-order valence-corrected chi connectivity index (χ3v) is 3.38. The largest absolute Gasteiger partial charge is 0.416 e. The van der Waals surface area contributed by atoms with Crippen LogP contribution in [0, 0.1) is 11.6 Å². The van der Waals surface area contributed by atoms with E-state index in [-0.39, 0.29) is 4.47 Å². The Bertz CT molecular complexity index is 649. The molecule has 0 amide bonds. The molecule has 0 aliphatic rings. The van der Waals surface area contributed by atoms with Crippen molar-refractivity contribution in [3.05, 3.63) is 69.2 Å². The molecule has 2 rings (SSSR count). The normalized spacial score (nSPS) is 13.3. The summed E-state index contributed by atoms with van der Waals surface area (Å²) < 4.78 is 66.3. The van der Waals surface area contributed by atoms with Crippen LogP contribution in [-0.4, -0.2) is 5.11 Å². The lowest BCUT2D eigenvalue weighted by molar-refractivity contribution is -0.139. The van der Waals surface area contributed by atoms with Gasteiger partial charge in [-0.15, -0.1) is 0 Å². The summed E-state index contributed by atoms with van der Waals surface area (Å²) in [4.78, 5) is 0. The van der Waals surface area contributed by atoms with E-state index in [0.717, 1.165) is 30.3 Å². The second-order valence-electron chi connectivity index (χ2n) is 4.27. The van der Waals surface area contributed by atoms with Crippen LogP contribution >= 0.6 is 15.9 Å². The maximum Gasteiger partial charge on any atom is 0.416 e. The Kier molecular flexibility index (Phi) is 4.34. The average Bonchev–Trinajstić information content (AvgIpc) is 2.37. The van der Waals surface area contributed by atoms with E-state index < -0.39 is 40.6 Å². The highest BCUT2D eigenvalue weighted by Crippen LogP contribution is 2.39. The summed E-state index contributed by atoms with van der Waals surface area (Å²) in [6.45, 7) is 0. The molecule has 1 nitrogen and oxygen atoms in total. The van der Waals surface area contributed by atoms with Crippen molar-refractivity contribution in [3.8, 4) is 0 Å². The Balaban J connectivity index is 2.62. The van der Waals surface area contributed by atoms with Crippen LogP contribution in [0.1, 0.15) is 22.8 Å². The van der Waals surface area contributed by atoms with Crippen LogP contribution in [0.2, 0.25) is 0 Å². The van der Waals surface area contributed by atoms with Crippen molar-refractivity contribution in [1.82, 2.24) is 0 Å². The molecule has 112 valence electrons. The van der Waals surface area contributed by atoms with Gasteiger partial charge in [0.05, 0.1) is 11.1 Å².